The quantitative estimate of drug-likeness (QED) is 0.459. The molecule has 2 aromatic carbocycles. The van der Waals surface area contributed by atoms with E-state index in [1.807, 2.05) is 0 Å². The molecule has 0 radical (unpaired) electrons. The molecule has 1 fully saturated rings. The average Bonchev–Trinajstić information content (AvgIpc) is 2.82. The summed E-state index contributed by atoms with van der Waals surface area (Å²) >= 11 is 0. The highest BCUT2D eigenvalue weighted by Crippen LogP contribution is 2.35. The summed E-state index contributed by atoms with van der Waals surface area (Å²) in [5.74, 6) is 1.24. The van der Waals surface area contributed by atoms with Gasteiger partial charge in [0.15, 0.2) is 17.3 Å². The molecule has 1 saturated heterocycles. The summed E-state index contributed by atoms with van der Waals surface area (Å²) in [5, 5.41) is 15.2. The number of rotatable bonds is 8. The molecular formula is C22H25ClF3N5O3. The van der Waals surface area contributed by atoms with E-state index in [4.69, 9.17) is 14.2 Å². The van der Waals surface area contributed by atoms with Crippen LogP contribution in [0.3, 0.4) is 0 Å². The molecule has 2 heterocycles. The molecule has 0 spiro atoms. The number of hydrogen-bond acceptors (Lipinski definition) is 8. The summed E-state index contributed by atoms with van der Waals surface area (Å²) in [6.07, 6.45) is -3.60. The molecule has 0 saturated carbocycles. The van der Waals surface area contributed by atoms with Crippen molar-refractivity contribution in [2.45, 2.75) is 12.6 Å². The van der Waals surface area contributed by atoms with E-state index in [0.717, 1.165) is 51.4 Å². The molecule has 0 unspecified atom stereocenters. The molecule has 0 bridgehead atoms. The van der Waals surface area contributed by atoms with Crippen LogP contribution in [-0.2, 0) is 10.9 Å². The Bertz CT molecular complexity index is 1100. The lowest BCUT2D eigenvalue weighted by molar-refractivity contribution is -0.137. The fourth-order valence-corrected chi connectivity index (χ4v) is 3.56. The molecule has 4 rings (SSSR count). The van der Waals surface area contributed by atoms with Gasteiger partial charge in [0.1, 0.15) is 5.52 Å². The number of anilines is 2. The van der Waals surface area contributed by atoms with Gasteiger partial charge in [-0.25, -0.2) is 0 Å². The topological polar surface area (TPSA) is 81.6 Å². The molecule has 0 amide bonds. The Morgan fingerprint density at radius 3 is 2.62 bits per heavy atom. The van der Waals surface area contributed by atoms with E-state index in [9.17, 15) is 13.2 Å². The van der Waals surface area contributed by atoms with Gasteiger partial charge in [-0.3, -0.25) is 4.90 Å². The van der Waals surface area contributed by atoms with Gasteiger partial charge in [-0.15, -0.1) is 22.6 Å². The van der Waals surface area contributed by atoms with Crippen molar-refractivity contribution in [2.24, 2.45) is 0 Å². The van der Waals surface area contributed by atoms with Gasteiger partial charge in [0.2, 0.25) is 0 Å². The highest BCUT2D eigenvalue weighted by atomic mass is 35.5. The van der Waals surface area contributed by atoms with E-state index in [0.29, 0.717) is 29.0 Å². The molecule has 1 aliphatic rings. The molecule has 34 heavy (non-hydrogen) atoms. The van der Waals surface area contributed by atoms with E-state index >= 15 is 0 Å². The maximum Gasteiger partial charge on any atom is 0.416 e. The first-order chi connectivity index (χ1) is 15.9. The highest BCUT2D eigenvalue weighted by Gasteiger charge is 2.30. The number of benzene rings is 2. The van der Waals surface area contributed by atoms with Crippen molar-refractivity contribution in [3.05, 3.63) is 42.0 Å². The van der Waals surface area contributed by atoms with Crippen LogP contribution in [0.5, 0.6) is 11.5 Å². The second kappa shape index (κ2) is 11.5. The number of morpholine rings is 1. The van der Waals surface area contributed by atoms with Gasteiger partial charge in [0.05, 0.1) is 37.9 Å². The van der Waals surface area contributed by atoms with E-state index in [2.05, 4.69) is 25.6 Å². The molecule has 1 N–H and O–H groups in total. The number of nitrogens with one attached hydrogen (secondary N) is 1. The van der Waals surface area contributed by atoms with Gasteiger partial charge in [-0.2, -0.15) is 13.2 Å². The summed E-state index contributed by atoms with van der Waals surface area (Å²) in [7, 11) is 1.52. The van der Waals surface area contributed by atoms with E-state index in [1.165, 1.54) is 19.2 Å². The molecular weight excluding hydrogens is 475 g/mol. The van der Waals surface area contributed by atoms with Crippen LogP contribution in [0, 0.1) is 0 Å². The van der Waals surface area contributed by atoms with Crippen LogP contribution in [0.15, 0.2) is 36.4 Å². The van der Waals surface area contributed by atoms with Crippen molar-refractivity contribution in [1.82, 2.24) is 20.3 Å². The Morgan fingerprint density at radius 2 is 1.88 bits per heavy atom. The average molecular weight is 500 g/mol. The van der Waals surface area contributed by atoms with Gasteiger partial charge in [-0.1, -0.05) is 6.07 Å². The Labute approximate surface area is 200 Å². The van der Waals surface area contributed by atoms with E-state index in [1.54, 1.807) is 12.1 Å². The smallest absolute Gasteiger partial charge is 0.416 e. The number of fused-ring (bicyclic) bond motifs is 1. The first-order valence-corrected chi connectivity index (χ1v) is 10.5. The Balaban J connectivity index is 0.00000324. The minimum Gasteiger partial charge on any atom is -0.493 e. The fourth-order valence-electron chi connectivity index (χ4n) is 3.56. The van der Waals surface area contributed by atoms with E-state index in [-0.39, 0.29) is 23.9 Å². The molecule has 8 nitrogen and oxygen atoms in total. The van der Waals surface area contributed by atoms with Gasteiger partial charge < -0.3 is 19.5 Å². The minimum atomic E-state index is -4.44. The summed E-state index contributed by atoms with van der Waals surface area (Å²) < 4.78 is 55.8. The molecule has 184 valence electrons. The lowest BCUT2D eigenvalue weighted by Gasteiger charge is -2.26. The van der Waals surface area contributed by atoms with Crippen LogP contribution >= 0.6 is 12.4 Å². The second-order valence-corrected chi connectivity index (χ2v) is 7.52. The van der Waals surface area contributed by atoms with Gasteiger partial charge in [0, 0.05) is 31.4 Å². The van der Waals surface area contributed by atoms with Crippen molar-refractivity contribution in [3.63, 3.8) is 0 Å². The third kappa shape index (κ3) is 6.37. The van der Waals surface area contributed by atoms with Crippen LogP contribution < -0.4 is 14.8 Å². The van der Waals surface area contributed by atoms with Gasteiger partial charge in [-0.05, 0) is 35.9 Å². The number of nitrogens with zero attached hydrogens (tertiary/aromatic N) is 4. The highest BCUT2D eigenvalue weighted by molar-refractivity contribution is 5.92. The summed E-state index contributed by atoms with van der Waals surface area (Å²) in [5.41, 5.74) is -0.0540. The third-order valence-corrected chi connectivity index (χ3v) is 5.27. The Kier molecular flexibility index (Phi) is 8.70. The maximum absolute atomic E-state index is 13.0. The Hall–Kier alpha value is -2.89. The van der Waals surface area contributed by atoms with Gasteiger partial charge in [0.25, 0.3) is 0 Å². The first-order valence-electron chi connectivity index (χ1n) is 10.5. The SMILES string of the molecule is COc1cc2c(Nc3cccc(C(F)(F)F)c3)nnnc2cc1OCCCN1CCOCC1.Cl. The number of hydrogen-bond donors (Lipinski definition) is 1. The standard InChI is InChI=1S/C22H24F3N5O3.ClH/c1-31-19-13-17-18(14-20(19)33-9-3-6-30-7-10-32-11-8-30)27-29-28-21(17)26-16-5-2-4-15(12-16)22(23,24)25;/h2,4-5,12-14H,3,6-11H2,1H3,(H,26,27,28);1H. The summed E-state index contributed by atoms with van der Waals surface area (Å²) in [6.45, 7) is 4.75. The number of methoxy groups -OCH3 is 1. The van der Waals surface area contributed by atoms with Crippen LogP contribution in [0.4, 0.5) is 24.7 Å². The zero-order valence-electron chi connectivity index (χ0n) is 18.5. The lowest BCUT2D eigenvalue weighted by Crippen LogP contribution is -2.37. The first kappa shape index (κ1) is 25.7. The van der Waals surface area contributed by atoms with Crippen molar-refractivity contribution < 1.29 is 27.4 Å². The monoisotopic (exact) mass is 499 g/mol. The molecule has 3 aromatic rings. The van der Waals surface area contributed by atoms with Crippen LogP contribution in [0.1, 0.15) is 12.0 Å². The molecule has 0 aliphatic carbocycles. The van der Waals surface area contributed by atoms with Crippen molar-refractivity contribution in [1.29, 1.82) is 0 Å². The van der Waals surface area contributed by atoms with E-state index < -0.39 is 11.7 Å². The van der Waals surface area contributed by atoms with Gasteiger partial charge >= 0.3 is 6.18 Å². The number of halogens is 4. The van der Waals surface area contributed by atoms with Crippen LogP contribution in [0.25, 0.3) is 10.9 Å². The zero-order chi connectivity index (χ0) is 23.3. The summed E-state index contributed by atoms with van der Waals surface area (Å²) in [6, 6.07) is 8.24. The van der Waals surface area contributed by atoms with Crippen molar-refractivity contribution in [3.8, 4) is 11.5 Å². The zero-order valence-corrected chi connectivity index (χ0v) is 19.3. The number of alkyl halides is 3. The Morgan fingerprint density at radius 1 is 1.09 bits per heavy atom. The number of aromatic nitrogens is 3. The summed E-state index contributed by atoms with van der Waals surface area (Å²) in [4.78, 5) is 2.33. The fraction of sp³-hybridized carbons (Fsp3) is 0.409. The molecule has 0 atom stereocenters. The molecule has 1 aromatic heterocycles. The number of ether oxygens (including phenoxy) is 3. The molecule has 12 heteroatoms. The van der Waals surface area contributed by atoms with Crippen molar-refractivity contribution in [2.75, 3.05) is 51.9 Å². The van der Waals surface area contributed by atoms with Crippen LogP contribution in [0.2, 0.25) is 0 Å². The lowest BCUT2D eigenvalue weighted by atomic mass is 10.1. The van der Waals surface area contributed by atoms with Crippen LogP contribution in [-0.4, -0.2) is 66.9 Å². The minimum absolute atomic E-state index is 0. The third-order valence-electron chi connectivity index (χ3n) is 5.27. The normalized spacial score (nSPS) is 14.5. The maximum atomic E-state index is 13.0. The molecule has 1 aliphatic heterocycles. The van der Waals surface area contributed by atoms with Crippen molar-refractivity contribution >= 4 is 34.8 Å². The predicted molar refractivity (Wildman–Crippen MR) is 123 cm³/mol. The second-order valence-electron chi connectivity index (χ2n) is 7.52. The largest absolute Gasteiger partial charge is 0.493 e. The predicted octanol–water partition coefficient (Wildman–Crippen LogP) is 4.32.